The summed E-state index contributed by atoms with van der Waals surface area (Å²) in [5.41, 5.74) is 7.20. The summed E-state index contributed by atoms with van der Waals surface area (Å²) < 4.78 is 31.6. The summed E-state index contributed by atoms with van der Waals surface area (Å²) in [6, 6.07) is 9.20. The van der Waals surface area contributed by atoms with E-state index in [4.69, 9.17) is 19.9 Å². The number of rotatable bonds is 1. The molecule has 5 rings (SSSR count). The van der Waals surface area contributed by atoms with Crippen molar-refractivity contribution in [3.8, 4) is 16.9 Å². The Labute approximate surface area is 149 Å². The lowest BCUT2D eigenvalue weighted by Crippen LogP contribution is -2.52. The van der Waals surface area contributed by atoms with Crippen LogP contribution in [-0.4, -0.2) is 36.9 Å². The van der Waals surface area contributed by atoms with Gasteiger partial charge in [0.15, 0.2) is 0 Å². The monoisotopic (exact) mass is 355 g/mol. The van der Waals surface area contributed by atoms with Gasteiger partial charge < -0.3 is 19.9 Å². The third-order valence-electron chi connectivity index (χ3n) is 5.45. The number of ether oxygens (including phenoxy) is 3. The molecule has 1 spiro atoms. The molecule has 1 aromatic heterocycles. The number of amidine groups is 1. The highest BCUT2D eigenvalue weighted by Gasteiger charge is 2.54. The van der Waals surface area contributed by atoms with Gasteiger partial charge in [0.1, 0.15) is 24.0 Å². The fraction of sp³-hybridized carbons (Fsp3) is 0.368. The molecule has 3 aliphatic rings. The Morgan fingerprint density at radius 3 is 3.00 bits per heavy atom. The van der Waals surface area contributed by atoms with E-state index < -0.39 is 11.5 Å². The Hall–Kier alpha value is -2.67. The van der Waals surface area contributed by atoms with Crippen molar-refractivity contribution in [3.05, 3.63) is 48.0 Å². The van der Waals surface area contributed by atoms with E-state index in [1.807, 2.05) is 18.2 Å². The van der Waals surface area contributed by atoms with E-state index in [1.54, 1.807) is 12.1 Å². The van der Waals surface area contributed by atoms with E-state index in [2.05, 4.69) is 9.98 Å². The molecule has 26 heavy (non-hydrogen) atoms. The molecule has 0 bridgehead atoms. The molecule has 0 radical (unpaired) electrons. The van der Waals surface area contributed by atoms with Crippen molar-refractivity contribution >= 4 is 6.02 Å². The standard InChI is InChI=1S/C19H18FN3O3/c20-17-12(2-1-6-22-17)11-3-4-15-13(8-11)19(10-25-18(21)23-19)14-9-24-7-5-16(14)26-15/h1-4,6,8,14,16H,5,7,9-10H2,(H2,21,23)/t14-,16-,19-/m0/s1. The molecule has 4 heterocycles. The zero-order valence-electron chi connectivity index (χ0n) is 14.0. The molecule has 1 fully saturated rings. The summed E-state index contributed by atoms with van der Waals surface area (Å²) in [7, 11) is 0. The number of aromatic nitrogens is 1. The molecule has 134 valence electrons. The third-order valence-corrected chi connectivity index (χ3v) is 5.45. The molecular formula is C19H18FN3O3. The summed E-state index contributed by atoms with van der Waals surface area (Å²) >= 11 is 0. The van der Waals surface area contributed by atoms with Crippen molar-refractivity contribution in [3.63, 3.8) is 0 Å². The highest BCUT2D eigenvalue weighted by molar-refractivity contribution is 5.75. The molecule has 7 heteroatoms. The first-order valence-electron chi connectivity index (χ1n) is 8.65. The van der Waals surface area contributed by atoms with Crippen LogP contribution in [0.5, 0.6) is 5.75 Å². The third kappa shape index (κ3) is 2.20. The normalized spacial score (nSPS) is 29.3. The average molecular weight is 355 g/mol. The van der Waals surface area contributed by atoms with Crippen LogP contribution in [0.4, 0.5) is 4.39 Å². The largest absolute Gasteiger partial charge is 0.489 e. The van der Waals surface area contributed by atoms with Gasteiger partial charge in [-0.2, -0.15) is 4.39 Å². The van der Waals surface area contributed by atoms with Crippen molar-refractivity contribution in [2.75, 3.05) is 19.8 Å². The second kappa shape index (κ2) is 5.67. The Balaban J connectivity index is 1.69. The van der Waals surface area contributed by atoms with Gasteiger partial charge in [0.05, 0.1) is 19.1 Å². The predicted molar refractivity (Wildman–Crippen MR) is 92.2 cm³/mol. The SMILES string of the molecule is NC1=N[C@@]2(CO1)c1cc(-c3cccnc3F)ccc1O[C@H]1CCOC[C@@H]12. The maximum Gasteiger partial charge on any atom is 0.283 e. The van der Waals surface area contributed by atoms with Gasteiger partial charge in [0.2, 0.25) is 5.95 Å². The Morgan fingerprint density at radius 1 is 1.27 bits per heavy atom. The van der Waals surface area contributed by atoms with Crippen LogP contribution >= 0.6 is 0 Å². The molecule has 3 atom stereocenters. The van der Waals surface area contributed by atoms with Gasteiger partial charge in [0.25, 0.3) is 6.02 Å². The van der Waals surface area contributed by atoms with E-state index in [-0.39, 0.29) is 18.0 Å². The smallest absolute Gasteiger partial charge is 0.283 e. The van der Waals surface area contributed by atoms with Crippen LogP contribution in [0.3, 0.4) is 0 Å². The van der Waals surface area contributed by atoms with Gasteiger partial charge in [-0.1, -0.05) is 6.07 Å². The first kappa shape index (κ1) is 15.6. The molecule has 0 aliphatic carbocycles. The van der Waals surface area contributed by atoms with Crippen LogP contribution in [0, 0.1) is 11.9 Å². The first-order chi connectivity index (χ1) is 12.7. The number of pyridine rings is 1. The van der Waals surface area contributed by atoms with Crippen molar-refractivity contribution in [1.29, 1.82) is 0 Å². The number of benzene rings is 1. The van der Waals surface area contributed by atoms with Gasteiger partial charge in [0, 0.05) is 23.7 Å². The molecule has 3 aliphatic heterocycles. The van der Waals surface area contributed by atoms with Crippen molar-refractivity contribution in [2.24, 2.45) is 16.6 Å². The Morgan fingerprint density at radius 2 is 2.19 bits per heavy atom. The minimum Gasteiger partial charge on any atom is -0.489 e. The predicted octanol–water partition coefficient (Wildman–Crippen LogP) is 2.23. The fourth-order valence-corrected chi connectivity index (χ4v) is 4.18. The van der Waals surface area contributed by atoms with Gasteiger partial charge in [-0.15, -0.1) is 0 Å². The van der Waals surface area contributed by atoms with Gasteiger partial charge in [-0.05, 0) is 29.8 Å². The minimum atomic E-state index is -0.669. The van der Waals surface area contributed by atoms with Gasteiger partial charge in [-0.3, -0.25) is 0 Å². The van der Waals surface area contributed by atoms with E-state index >= 15 is 0 Å². The lowest BCUT2D eigenvalue weighted by atomic mass is 9.72. The number of aliphatic imine (C=N–C) groups is 1. The summed E-state index contributed by atoms with van der Waals surface area (Å²) in [6.45, 7) is 1.51. The van der Waals surface area contributed by atoms with Crippen LogP contribution in [0.15, 0.2) is 41.5 Å². The highest BCUT2D eigenvalue weighted by atomic mass is 19.1. The first-order valence-corrected chi connectivity index (χ1v) is 8.65. The van der Waals surface area contributed by atoms with Crippen LogP contribution in [0.1, 0.15) is 12.0 Å². The number of hydrogen-bond acceptors (Lipinski definition) is 6. The van der Waals surface area contributed by atoms with Gasteiger partial charge in [-0.25, -0.2) is 9.98 Å². The fourth-order valence-electron chi connectivity index (χ4n) is 4.18. The number of halogens is 1. The second-order valence-corrected chi connectivity index (χ2v) is 6.84. The van der Waals surface area contributed by atoms with Crippen molar-refractivity contribution in [1.82, 2.24) is 4.98 Å². The van der Waals surface area contributed by atoms with Gasteiger partial charge >= 0.3 is 0 Å². The zero-order valence-corrected chi connectivity index (χ0v) is 14.0. The Kier molecular flexibility index (Phi) is 3.40. The summed E-state index contributed by atoms with van der Waals surface area (Å²) in [5, 5.41) is 0. The molecule has 6 nitrogen and oxygen atoms in total. The summed E-state index contributed by atoms with van der Waals surface area (Å²) in [4.78, 5) is 8.41. The topological polar surface area (TPSA) is 79.0 Å². The lowest BCUT2D eigenvalue weighted by Gasteiger charge is -2.45. The number of nitrogens with two attached hydrogens (primary N) is 1. The molecule has 0 saturated carbocycles. The maximum atomic E-state index is 14.2. The van der Waals surface area contributed by atoms with Crippen LogP contribution < -0.4 is 10.5 Å². The molecule has 0 unspecified atom stereocenters. The maximum absolute atomic E-state index is 14.2. The highest BCUT2D eigenvalue weighted by Crippen LogP contribution is 2.50. The summed E-state index contributed by atoms with van der Waals surface area (Å²) in [5.74, 6) is 0.227. The molecule has 1 aromatic carbocycles. The van der Waals surface area contributed by atoms with Crippen LogP contribution in [0.2, 0.25) is 0 Å². The molecule has 1 saturated heterocycles. The van der Waals surface area contributed by atoms with E-state index in [1.165, 1.54) is 6.20 Å². The van der Waals surface area contributed by atoms with Crippen molar-refractivity contribution < 1.29 is 18.6 Å². The minimum absolute atomic E-state index is 0.00112. The molecular weight excluding hydrogens is 337 g/mol. The quantitative estimate of drug-likeness (QED) is 0.794. The Bertz CT molecular complexity index is 903. The van der Waals surface area contributed by atoms with Crippen LogP contribution in [-0.2, 0) is 15.0 Å². The molecule has 2 N–H and O–H groups in total. The number of fused-ring (bicyclic) bond motifs is 4. The molecule has 0 amide bonds. The number of hydrogen-bond donors (Lipinski definition) is 1. The second-order valence-electron chi connectivity index (χ2n) is 6.84. The lowest BCUT2D eigenvalue weighted by molar-refractivity contribution is -0.0726. The number of nitrogens with zero attached hydrogens (tertiary/aromatic N) is 2. The zero-order chi connectivity index (χ0) is 17.7. The van der Waals surface area contributed by atoms with E-state index in [9.17, 15) is 4.39 Å². The van der Waals surface area contributed by atoms with Crippen LogP contribution in [0.25, 0.3) is 11.1 Å². The van der Waals surface area contributed by atoms with Crippen molar-refractivity contribution in [2.45, 2.75) is 18.1 Å². The molecule has 2 aromatic rings. The average Bonchev–Trinajstić information content (AvgIpc) is 3.05. The summed E-state index contributed by atoms with van der Waals surface area (Å²) in [6.07, 6.45) is 2.22. The van der Waals surface area contributed by atoms with E-state index in [0.29, 0.717) is 30.9 Å². The van der Waals surface area contributed by atoms with E-state index in [0.717, 1.165) is 17.7 Å².